The van der Waals surface area contributed by atoms with E-state index in [1.165, 1.54) is 6.21 Å². The first kappa shape index (κ1) is 17.7. The van der Waals surface area contributed by atoms with E-state index in [0.717, 1.165) is 15.7 Å². The maximum Gasteiger partial charge on any atom is 0.335 e. The number of hydrogen-bond donors (Lipinski definition) is 2. The van der Waals surface area contributed by atoms with Crippen LogP contribution >= 0.6 is 11.6 Å². The van der Waals surface area contributed by atoms with E-state index in [1.807, 2.05) is 6.07 Å². The van der Waals surface area contributed by atoms with Gasteiger partial charge in [0.2, 0.25) is 5.88 Å². The number of nitrogens with one attached hydrogen (secondary N) is 1. The van der Waals surface area contributed by atoms with Crippen molar-refractivity contribution in [2.45, 2.75) is 13.8 Å². The average Bonchev–Trinajstić information content (AvgIpc) is 2.59. The summed E-state index contributed by atoms with van der Waals surface area (Å²) in [7, 11) is 0. The Morgan fingerprint density at radius 1 is 1.12 bits per heavy atom. The van der Waals surface area contributed by atoms with Crippen molar-refractivity contribution in [3.63, 3.8) is 0 Å². The number of H-pyrrole nitrogens is 1. The van der Waals surface area contributed by atoms with Crippen molar-refractivity contribution >= 4 is 23.5 Å². The minimum Gasteiger partial charge on any atom is -0.493 e. The summed E-state index contributed by atoms with van der Waals surface area (Å²) in [6.07, 6.45) is 1.22. The first-order chi connectivity index (χ1) is 12.4. The normalized spacial score (nSPS) is 11.2. The molecule has 3 rings (SSSR count). The molecule has 0 spiro atoms. The quantitative estimate of drug-likeness (QED) is 0.694. The maximum atomic E-state index is 12.2. The molecule has 0 radical (unpaired) electrons. The van der Waals surface area contributed by atoms with Gasteiger partial charge in [-0.3, -0.25) is 14.8 Å². The third-order valence-electron chi connectivity index (χ3n) is 4.05. The van der Waals surface area contributed by atoms with Gasteiger partial charge in [-0.25, -0.2) is 9.36 Å². The molecule has 26 heavy (non-hydrogen) atoms. The van der Waals surface area contributed by atoms with Crippen LogP contribution in [0.1, 0.15) is 16.7 Å². The van der Waals surface area contributed by atoms with Crippen LogP contribution in [-0.2, 0) is 0 Å². The molecule has 0 amide bonds. The Morgan fingerprint density at radius 2 is 1.85 bits per heavy atom. The molecule has 7 heteroatoms. The second-order valence-corrected chi connectivity index (χ2v) is 6.17. The average molecular weight is 370 g/mol. The summed E-state index contributed by atoms with van der Waals surface area (Å²) in [5.74, 6) is -0.475. The van der Waals surface area contributed by atoms with Gasteiger partial charge in [0.05, 0.1) is 11.4 Å². The molecule has 2 aromatic carbocycles. The lowest BCUT2D eigenvalue weighted by Gasteiger charge is -2.11. The van der Waals surface area contributed by atoms with Gasteiger partial charge in [0, 0.05) is 11.2 Å². The number of nitrogens with zero attached hydrogens (tertiary/aromatic N) is 2. The van der Waals surface area contributed by atoms with Crippen molar-refractivity contribution in [1.82, 2.24) is 9.55 Å². The second-order valence-electron chi connectivity index (χ2n) is 5.76. The summed E-state index contributed by atoms with van der Waals surface area (Å²) in [6, 6.07) is 12.2. The van der Waals surface area contributed by atoms with Crippen molar-refractivity contribution in [3.8, 4) is 11.6 Å². The number of aromatic nitrogens is 2. The fraction of sp³-hybridized carbons (Fsp3) is 0.105. The van der Waals surface area contributed by atoms with Gasteiger partial charge in [-0.1, -0.05) is 35.9 Å². The molecule has 2 N–H and O–H groups in total. The van der Waals surface area contributed by atoms with E-state index < -0.39 is 17.1 Å². The number of aromatic hydroxyl groups is 1. The standard InChI is InChI=1S/C19H16ClN3O3/c1-11-6-3-4-9-16(11)23-18(25)13(17(24)22-19(23)26)10-21-15-8-5-7-14(20)12(15)2/h3-10,25H,1-2H3,(H,22,24,26). The number of rotatable bonds is 3. The molecular formula is C19H16ClN3O3. The van der Waals surface area contributed by atoms with Crippen LogP contribution in [0.15, 0.2) is 57.0 Å². The van der Waals surface area contributed by atoms with E-state index in [9.17, 15) is 14.7 Å². The molecule has 3 aromatic rings. The summed E-state index contributed by atoms with van der Waals surface area (Å²) in [5, 5.41) is 11.1. The number of aliphatic imine (C=N–C) groups is 1. The fourth-order valence-corrected chi connectivity index (χ4v) is 2.73. The van der Waals surface area contributed by atoms with Gasteiger partial charge in [-0.2, -0.15) is 0 Å². The van der Waals surface area contributed by atoms with E-state index in [1.54, 1.807) is 50.2 Å². The molecule has 0 saturated heterocycles. The Bertz CT molecular complexity index is 1130. The van der Waals surface area contributed by atoms with Gasteiger partial charge in [0.1, 0.15) is 5.56 Å². The minimum atomic E-state index is -0.724. The predicted octanol–water partition coefficient (Wildman–Crippen LogP) is 3.25. The maximum absolute atomic E-state index is 12.2. The molecule has 1 heterocycles. The number of hydrogen-bond acceptors (Lipinski definition) is 4. The van der Waals surface area contributed by atoms with E-state index in [0.29, 0.717) is 16.4 Å². The van der Waals surface area contributed by atoms with Crippen LogP contribution in [0.25, 0.3) is 5.69 Å². The highest BCUT2D eigenvalue weighted by Crippen LogP contribution is 2.26. The topological polar surface area (TPSA) is 87.4 Å². The van der Waals surface area contributed by atoms with Crippen LogP contribution in [-0.4, -0.2) is 20.9 Å². The molecule has 0 aliphatic heterocycles. The molecule has 132 valence electrons. The SMILES string of the molecule is Cc1ccccc1-n1c(O)c(C=Nc2cccc(Cl)c2C)c(=O)[nH]c1=O. The van der Waals surface area contributed by atoms with Gasteiger partial charge >= 0.3 is 5.69 Å². The summed E-state index contributed by atoms with van der Waals surface area (Å²) in [5.41, 5.74) is 0.981. The van der Waals surface area contributed by atoms with Crippen LogP contribution in [0.3, 0.4) is 0 Å². The largest absolute Gasteiger partial charge is 0.493 e. The Morgan fingerprint density at radius 3 is 2.58 bits per heavy atom. The lowest BCUT2D eigenvalue weighted by molar-refractivity contribution is 0.430. The number of para-hydroxylation sites is 1. The summed E-state index contributed by atoms with van der Waals surface area (Å²) < 4.78 is 1.04. The van der Waals surface area contributed by atoms with Crippen LogP contribution in [0, 0.1) is 13.8 Å². The fourth-order valence-electron chi connectivity index (χ4n) is 2.56. The molecule has 0 fully saturated rings. The molecule has 6 nitrogen and oxygen atoms in total. The van der Waals surface area contributed by atoms with Crippen LogP contribution in [0.4, 0.5) is 5.69 Å². The highest BCUT2D eigenvalue weighted by molar-refractivity contribution is 6.31. The predicted molar refractivity (Wildman–Crippen MR) is 103 cm³/mol. The van der Waals surface area contributed by atoms with Crippen LogP contribution in [0.5, 0.6) is 5.88 Å². The zero-order valence-corrected chi connectivity index (χ0v) is 14.9. The Balaban J connectivity index is 2.18. The summed E-state index contributed by atoms with van der Waals surface area (Å²) in [4.78, 5) is 30.8. The molecule has 0 aliphatic rings. The molecule has 0 unspecified atom stereocenters. The number of aromatic amines is 1. The number of benzene rings is 2. The lowest BCUT2D eigenvalue weighted by Crippen LogP contribution is -2.31. The second kappa shape index (κ2) is 7.01. The Labute approximate surface area is 154 Å². The summed E-state index contributed by atoms with van der Waals surface area (Å²) >= 11 is 6.06. The Hall–Kier alpha value is -3.12. The molecule has 0 aliphatic carbocycles. The van der Waals surface area contributed by atoms with E-state index in [2.05, 4.69) is 9.98 Å². The van der Waals surface area contributed by atoms with E-state index in [4.69, 9.17) is 11.6 Å². The highest BCUT2D eigenvalue weighted by atomic mass is 35.5. The molecule has 1 aromatic heterocycles. The number of aryl methyl sites for hydroxylation is 1. The monoisotopic (exact) mass is 369 g/mol. The lowest BCUT2D eigenvalue weighted by atomic mass is 10.2. The van der Waals surface area contributed by atoms with Crippen molar-refractivity contribution in [2.75, 3.05) is 0 Å². The number of halogens is 1. The van der Waals surface area contributed by atoms with Gasteiger partial charge in [0.25, 0.3) is 5.56 Å². The molecule has 0 saturated carbocycles. The van der Waals surface area contributed by atoms with Crippen LogP contribution < -0.4 is 11.2 Å². The van der Waals surface area contributed by atoms with Crippen LogP contribution in [0.2, 0.25) is 5.02 Å². The first-order valence-corrected chi connectivity index (χ1v) is 8.21. The van der Waals surface area contributed by atoms with Crippen molar-refractivity contribution in [2.24, 2.45) is 4.99 Å². The molecule has 0 bridgehead atoms. The molecule has 0 atom stereocenters. The first-order valence-electron chi connectivity index (χ1n) is 7.83. The van der Waals surface area contributed by atoms with Crippen molar-refractivity contribution < 1.29 is 5.11 Å². The van der Waals surface area contributed by atoms with Crippen molar-refractivity contribution in [3.05, 3.63) is 85.0 Å². The van der Waals surface area contributed by atoms with Gasteiger partial charge in [0.15, 0.2) is 0 Å². The minimum absolute atomic E-state index is 0.118. The van der Waals surface area contributed by atoms with Gasteiger partial charge in [-0.15, -0.1) is 0 Å². The zero-order chi connectivity index (χ0) is 18.8. The third-order valence-corrected chi connectivity index (χ3v) is 4.46. The highest BCUT2D eigenvalue weighted by Gasteiger charge is 2.15. The summed E-state index contributed by atoms with van der Waals surface area (Å²) in [6.45, 7) is 3.60. The van der Waals surface area contributed by atoms with Crippen molar-refractivity contribution in [1.29, 1.82) is 0 Å². The Kier molecular flexibility index (Phi) is 4.77. The smallest absolute Gasteiger partial charge is 0.335 e. The van der Waals surface area contributed by atoms with E-state index in [-0.39, 0.29) is 5.56 Å². The van der Waals surface area contributed by atoms with E-state index >= 15 is 0 Å². The molecular weight excluding hydrogens is 354 g/mol. The third kappa shape index (κ3) is 3.19. The van der Waals surface area contributed by atoms with Gasteiger partial charge < -0.3 is 5.11 Å². The van der Waals surface area contributed by atoms with Gasteiger partial charge in [-0.05, 0) is 43.2 Å². The zero-order valence-electron chi connectivity index (χ0n) is 14.2.